The molecule has 1 aliphatic heterocycles. The SMILES string of the molecule is O=C(NCC(c1ccccc1Cl)N1CCOCC1)c1ccco1. The van der Waals surface area contributed by atoms with E-state index in [1.807, 2.05) is 24.3 Å². The highest BCUT2D eigenvalue weighted by molar-refractivity contribution is 6.31. The van der Waals surface area contributed by atoms with Gasteiger partial charge in [-0.25, -0.2) is 0 Å². The number of ether oxygens (including phenoxy) is 1. The van der Waals surface area contributed by atoms with Gasteiger partial charge in [-0.2, -0.15) is 0 Å². The number of carbonyl (C=O) groups is 1. The van der Waals surface area contributed by atoms with E-state index in [1.165, 1.54) is 6.26 Å². The lowest BCUT2D eigenvalue weighted by atomic mass is 10.0. The fourth-order valence-corrected chi connectivity index (χ4v) is 3.02. The Hall–Kier alpha value is -1.82. The van der Waals surface area contributed by atoms with E-state index in [1.54, 1.807) is 12.1 Å². The Kier molecular flexibility index (Phi) is 5.33. The smallest absolute Gasteiger partial charge is 0.287 e. The van der Waals surface area contributed by atoms with Gasteiger partial charge in [-0.1, -0.05) is 29.8 Å². The van der Waals surface area contributed by atoms with Crippen molar-refractivity contribution in [2.45, 2.75) is 6.04 Å². The van der Waals surface area contributed by atoms with E-state index in [0.29, 0.717) is 30.5 Å². The first-order chi connectivity index (χ1) is 11.3. The second-order valence-electron chi connectivity index (χ2n) is 5.37. The van der Waals surface area contributed by atoms with Gasteiger partial charge >= 0.3 is 0 Å². The monoisotopic (exact) mass is 334 g/mol. The predicted molar refractivity (Wildman–Crippen MR) is 87.6 cm³/mol. The van der Waals surface area contributed by atoms with Crippen LogP contribution in [0.1, 0.15) is 22.2 Å². The van der Waals surface area contributed by atoms with Crippen molar-refractivity contribution < 1.29 is 13.9 Å². The van der Waals surface area contributed by atoms with Gasteiger partial charge in [0, 0.05) is 24.7 Å². The van der Waals surface area contributed by atoms with Crippen LogP contribution in [0, 0.1) is 0 Å². The number of nitrogens with zero attached hydrogens (tertiary/aromatic N) is 1. The molecule has 5 nitrogen and oxygen atoms in total. The van der Waals surface area contributed by atoms with E-state index in [0.717, 1.165) is 18.7 Å². The molecule has 2 aromatic rings. The zero-order valence-electron chi connectivity index (χ0n) is 12.7. The molecule has 6 heteroatoms. The lowest BCUT2D eigenvalue weighted by Gasteiger charge is -2.35. The van der Waals surface area contributed by atoms with Gasteiger partial charge in [0.2, 0.25) is 0 Å². The molecule has 1 amide bonds. The predicted octanol–water partition coefficient (Wildman–Crippen LogP) is 2.74. The van der Waals surface area contributed by atoms with E-state index in [4.69, 9.17) is 20.8 Å². The summed E-state index contributed by atoms with van der Waals surface area (Å²) in [5.74, 6) is 0.0881. The number of furan rings is 1. The van der Waals surface area contributed by atoms with Crippen LogP contribution in [-0.4, -0.2) is 43.7 Å². The van der Waals surface area contributed by atoms with Crippen molar-refractivity contribution in [1.29, 1.82) is 0 Å². The van der Waals surface area contributed by atoms with E-state index in [2.05, 4.69) is 10.2 Å². The van der Waals surface area contributed by atoms with Crippen LogP contribution in [0.5, 0.6) is 0 Å². The topological polar surface area (TPSA) is 54.7 Å². The van der Waals surface area contributed by atoms with Crippen LogP contribution in [0.4, 0.5) is 0 Å². The van der Waals surface area contributed by atoms with Crippen molar-refractivity contribution in [2.75, 3.05) is 32.8 Å². The third-order valence-corrected chi connectivity index (χ3v) is 4.30. The molecule has 0 aliphatic carbocycles. The molecule has 0 spiro atoms. The summed E-state index contributed by atoms with van der Waals surface area (Å²) in [4.78, 5) is 14.4. The fraction of sp³-hybridized carbons (Fsp3) is 0.353. The summed E-state index contributed by atoms with van der Waals surface area (Å²) in [6, 6.07) is 11.1. The average molecular weight is 335 g/mol. The Balaban J connectivity index is 1.75. The summed E-state index contributed by atoms with van der Waals surface area (Å²) in [5.41, 5.74) is 1.01. The number of nitrogens with one attached hydrogen (secondary N) is 1. The van der Waals surface area contributed by atoms with E-state index < -0.39 is 0 Å². The van der Waals surface area contributed by atoms with Crippen LogP contribution in [0.25, 0.3) is 0 Å². The molecule has 2 heterocycles. The molecule has 23 heavy (non-hydrogen) atoms. The molecule has 0 bridgehead atoms. The molecule has 0 saturated carbocycles. The molecule has 3 rings (SSSR count). The highest BCUT2D eigenvalue weighted by atomic mass is 35.5. The van der Waals surface area contributed by atoms with E-state index >= 15 is 0 Å². The summed E-state index contributed by atoms with van der Waals surface area (Å²) < 4.78 is 10.6. The maximum absolute atomic E-state index is 12.1. The molecule has 1 aromatic carbocycles. The van der Waals surface area contributed by atoms with Gasteiger partial charge in [0.15, 0.2) is 5.76 Å². The summed E-state index contributed by atoms with van der Waals surface area (Å²) >= 11 is 6.36. The normalized spacial score (nSPS) is 16.9. The van der Waals surface area contributed by atoms with Crippen LogP contribution in [0.15, 0.2) is 47.1 Å². The molecule has 122 valence electrons. The first-order valence-electron chi connectivity index (χ1n) is 7.63. The number of rotatable bonds is 5. The molecule has 1 saturated heterocycles. The fourth-order valence-electron chi connectivity index (χ4n) is 2.75. The second kappa shape index (κ2) is 7.64. The average Bonchev–Trinajstić information content (AvgIpc) is 3.12. The zero-order chi connectivity index (χ0) is 16.1. The van der Waals surface area contributed by atoms with Gasteiger partial charge in [0.1, 0.15) is 0 Å². The quantitative estimate of drug-likeness (QED) is 0.913. The van der Waals surface area contributed by atoms with Crippen molar-refractivity contribution in [3.63, 3.8) is 0 Å². The molecular weight excluding hydrogens is 316 g/mol. The minimum atomic E-state index is -0.222. The highest BCUT2D eigenvalue weighted by Crippen LogP contribution is 2.27. The van der Waals surface area contributed by atoms with Gasteiger partial charge in [0.05, 0.1) is 25.5 Å². The molecule has 0 radical (unpaired) electrons. The Labute approximate surface area is 140 Å². The van der Waals surface area contributed by atoms with Crippen LogP contribution in [-0.2, 0) is 4.74 Å². The minimum absolute atomic E-state index is 0.00603. The van der Waals surface area contributed by atoms with Crippen molar-refractivity contribution in [1.82, 2.24) is 10.2 Å². The van der Waals surface area contributed by atoms with Gasteiger partial charge < -0.3 is 14.5 Å². The van der Waals surface area contributed by atoms with Crippen molar-refractivity contribution in [3.05, 3.63) is 59.0 Å². The summed E-state index contributed by atoms with van der Waals surface area (Å²) in [5, 5.41) is 3.64. The van der Waals surface area contributed by atoms with Gasteiger partial charge in [0.25, 0.3) is 5.91 Å². The van der Waals surface area contributed by atoms with E-state index in [9.17, 15) is 4.79 Å². The van der Waals surface area contributed by atoms with Gasteiger partial charge in [-0.05, 0) is 23.8 Å². The van der Waals surface area contributed by atoms with Crippen LogP contribution in [0.3, 0.4) is 0 Å². The number of halogens is 1. The molecule has 1 atom stereocenters. The first-order valence-corrected chi connectivity index (χ1v) is 8.01. The Morgan fingerprint density at radius 3 is 2.70 bits per heavy atom. The molecule has 1 N–H and O–H groups in total. The Morgan fingerprint density at radius 1 is 1.22 bits per heavy atom. The summed E-state index contributed by atoms with van der Waals surface area (Å²) in [7, 11) is 0. The minimum Gasteiger partial charge on any atom is -0.459 e. The van der Waals surface area contributed by atoms with Gasteiger partial charge in [-0.15, -0.1) is 0 Å². The molecular formula is C17H19ClN2O3. The van der Waals surface area contributed by atoms with Crippen molar-refractivity contribution in [2.24, 2.45) is 0 Å². The van der Waals surface area contributed by atoms with Crippen molar-refractivity contribution >= 4 is 17.5 Å². The third-order valence-electron chi connectivity index (χ3n) is 3.95. The Morgan fingerprint density at radius 2 is 2.00 bits per heavy atom. The number of amides is 1. The lowest BCUT2D eigenvalue weighted by molar-refractivity contribution is 0.0162. The largest absolute Gasteiger partial charge is 0.459 e. The number of morpholine rings is 1. The number of hydrogen-bond donors (Lipinski definition) is 1. The number of hydrogen-bond acceptors (Lipinski definition) is 4. The maximum Gasteiger partial charge on any atom is 0.287 e. The molecule has 1 aliphatic rings. The third kappa shape index (κ3) is 3.93. The van der Waals surface area contributed by atoms with E-state index in [-0.39, 0.29) is 11.9 Å². The number of benzene rings is 1. The van der Waals surface area contributed by atoms with Gasteiger partial charge in [-0.3, -0.25) is 9.69 Å². The van der Waals surface area contributed by atoms with Crippen LogP contribution < -0.4 is 5.32 Å². The lowest BCUT2D eigenvalue weighted by Crippen LogP contribution is -2.43. The van der Waals surface area contributed by atoms with Crippen LogP contribution in [0.2, 0.25) is 5.02 Å². The highest BCUT2D eigenvalue weighted by Gasteiger charge is 2.25. The summed E-state index contributed by atoms with van der Waals surface area (Å²) in [6.45, 7) is 3.46. The van der Waals surface area contributed by atoms with Crippen molar-refractivity contribution in [3.8, 4) is 0 Å². The standard InChI is InChI=1S/C17H19ClN2O3/c18-14-5-2-1-4-13(14)15(20-7-10-22-11-8-20)12-19-17(21)16-6-3-9-23-16/h1-6,9,15H,7-8,10-12H2,(H,19,21). The summed E-state index contributed by atoms with van der Waals surface area (Å²) in [6.07, 6.45) is 1.49. The number of carbonyl (C=O) groups excluding carboxylic acids is 1. The van der Waals surface area contributed by atoms with Crippen LogP contribution >= 0.6 is 11.6 Å². The maximum atomic E-state index is 12.1. The second-order valence-corrected chi connectivity index (χ2v) is 5.78. The zero-order valence-corrected chi connectivity index (χ0v) is 13.5. The Bertz CT molecular complexity index is 639. The first kappa shape index (κ1) is 16.1. The molecule has 1 fully saturated rings. The molecule has 1 unspecified atom stereocenters. The molecule has 1 aromatic heterocycles.